The maximum Gasteiger partial charge on any atom is 0.211 e. The van der Waals surface area contributed by atoms with Gasteiger partial charge >= 0.3 is 0 Å². The van der Waals surface area contributed by atoms with E-state index in [2.05, 4.69) is 22.6 Å². The molecule has 1 aromatic heterocycles. The lowest BCUT2D eigenvalue weighted by Gasteiger charge is -2.18. The SMILES string of the molecule is CCC[C@H]1CN(Cc2cc(C#N)n(C)c2C)C[C@@H]1NS(=O)(=O)CC. The molecule has 1 saturated heterocycles. The summed E-state index contributed by atoms with van der Waals surface area (Å²) in [5.74, 6) is 0.460. The van der Waals surface area contributed by atoms with Gasteiger partial charge in [0.25, 0.3) is 0 Å². The summed E-state index contributed by atoms with van der Waals surface area (Å²) in [5, 5.41) is 9.16. The first kappa shape index (κ1) is 19.0. The van der Waals surface area contributed by atoms with E-state index < -0.39 is 10.0 Å². The monoisotopic (exact) mass is 352 g/mol. The van der Waals surface area contributed by atoms with E-state index in [0.29, 0.717) is 11.6 Å². The maximum absolute atomic E-state index is 11.9. The second-order valence-corrected chi connectivity index (χ2v) is 8.72. The summed E-state index contributed by atoms with van der Waals surface area (Å²) in [7, 11) is -1.29. The van der Waals surface area contributed by atoms with Gasteiger partial charge in [-0.05, 0) is 37.8 Å². The quantitative estimate of drug-likeness (QED) is 0.811. The lowest BCUT2D eigenvalue weighted by atomic mass is 9.99. The molecule has 1 aliphatic heterocycles. The molecule has 24 heavy (non-hydrogen) atoms. The first-order valence-electron chi connectivity index (χ1n) is 8.58. The molecule has 0 radical (unpaired) electrons. The molecule has 0 aliphatic carbocycles. The average molecular weight is 353 g/mol. The van der Waals surface area contributed by atoms with E-state index in [1.165, 1.54) is 0 Å². The van der Waals surface area contributed by atoms with Crippen molar-refractivity contribution in [2.24, 2.45) is 13.0 Å². The smallest absolute Gasteiger partial charge is 0.211 e. The molecule has 1 aromatic rings. The first-order valence-corrected chi connectivity index (χ1v) is 10.2. The fourth-order valence-electron chi connectivity index (χ4n) is 3.47. The highest BCUT2D eigenvalue weighted by atomic mass is 32.2. The molecule has 0 bridgehead atoms. The van der Waals surface area contributed by atoms with Crippen LogP contribution in [0.25, 0.3) is 0 Å². The highest BCUT2D eigenvalue weighted by Gasteiger charge is 2.34. The number of likely N-dealkylation sites (tertiary alicyclic amines) is 1. The Labute approximate surface area is 145 Å². The van der Waals surface area contributed by atoms with Gasteiger partial charge in [-0.2, -0.15) is 5.26 Å². The average Bonchev–Trinajstić information content (AvgIpc) is 3.03. The van der Waals surface area contributed by atoms with E-state index in [0.717, 1.165) is 43.7 Å². The van der Waals surface area contributed by atoms with E-state index in [-0.39, 0.29) is 11.8 Å². The third kappa shape index (κ3) is 4.18. The van der Waals surface area contributed by atoms with Gasteiger partial charge in [0.05, 0.1) is 5.75 Å². The zero-order valence-corrected chi connectivity index (χ0v) is 15.9. The number of nitriles is 1. The van der Waals surface area contributed by atoms with E-state index in [1.807, 2.05) is 24.6 Å². The second-order valence-electron chi connectivity index (χ2n) is 6.68. The van der Waals surface area contributed by atoms with Gasteiger partial charge < -0.3 is 4.57 Å². The lowest BCUT2D eigenvalue weighted by Crippen LogP contribution is -2.41. The Morgan fingerprint density at radius 3 is 2.62 bits per heavy atom. The van der Waals surface area contributed by atoms with Gasteiger partial charge in [-0.25, -0.2) is 13.1 Å². The number of hydrogen-bond acceptors (Lipinski definition) is 4. The van der Waals surface area contributed by atoms with Crippen molar-refractivity contribution in [2.45, 2.75) is 46.2 Å². The molecule has 6 nitrogen and oxygen atoms in total. The van der Waals surface area contributed by atoms with Crippen molar-refractivity contribution in [3.8, 4) is 6.07 Å². The normalized spacial score (nSPS) is 22.0. The van der Waals surface area contributed by atoms with Gasteiger partial charge in [-0.1, -0.05) is 13.3 Å². The summed E-state index contributed by atoms with van der Waals surface area (Å²) in [4.78, 5) is 2.30. The summed E-state index contributed by atoms with van der Waals surface area (Å²) in [6.07, 6.45) is 2.07. The Morgan fingerprint density at radius 1 is 1.38 bits per heavy atom. The fraction of sp³-hybridized carbons (Fsp3) is 0.706. The molecule has 0 aromatic carbocycles. The third-order valence-electron chi connectivity index (χ3n) is 5.04. The van der Waals surface area contributed by atoms with Crippen LogP contribution in [0.5, 0.6) is 0 Å². The van der Waals surface area contributed by atoms with Crippen LogP contribution in [0.3, 0.4) is 0 Å². The van der Waals surface area contributed by atoms with Crippen LogP contribution in [0.1, 0.15) is 43.6 Å². The first-order chi connectivity index (χ1) is 11.3. The maximum atomic E-state index is 11.9. The largest absolute Gasteiger partial charge is 0.340 e. The van der Waals surface area contributed by atoms with Crippen molar-refractivity contribution < 1.29 is 8.42 Å². The van der Waals surface area contributed by atoms with Crippen molar-refractivity contribution in [1.82, 2.24) is 14.2 Å². The molecule has 0 saturated carbocycles. The molecule has 1 fully saturated rings. The van der Waals surface area contributed by atoms with Gasteiger partial charge in [0.1, 0.15) is 11.8 Å². The molecule has 1 aliphatic rings. The molecule has 2 rings (SSSR count). The number of sulfonamides is 1. The van der Waals surface area contributed by atoms with Crippen LogP contribution in [-0.4, -0.2) is 42.8 Å². The second kappa shape index (κ2) is 7.68. The van der Waals surface area contributed by atoms with Crippen LogP contribution in [0.4, 0.5) is 0 Å². The molecule has 134 valence electrons. The standard InChI is InChI=1S/C17H28N4O2S/c1-5-7-14-10-21(12-17(14)19-24(22,23)6-2)11-15-8-16(9-18)20(4)13(15)3/h8,14,17,19H,5-7,10-12H2,1-4H3/t14-,17-/m0/s1. The van der Waals surface area contributed by atoms with Gasteiger partial charge in [-0.15, -0.1) is 0 Å². The lowest BCUT2D eigenvalue weighted by molar-refractivity contribution is 0.311. The fourth-order valence-corrected chi connectivity index (χ4v) is 4.37. The minimum atomic E-state index is -3.19. The molecule has 2 atom stereocenters. The minimum absolute atomic E-state index is 0.0191. The van der Waals surface area contributed by atoms with Gasteiger partial charge in [0, 0.05) is 38.4 Å². The number of aromatic nitrogens is 1. The van der Waals surface area contributed by atoms with Crippen LogP contribution in [0.2, 0.25) is 0 Å². The Bertz CT molecular complexity index is 718. The zero-order chi connectivity index (χ0) is 17.9. The van der Waals surface area contributed by atoms with E-state index >= 15 is 0 Å². The Hall–Kier alpha value is -1.36. The van der Waals surface area contributed by atoms with Crippen LogP contribution >= 0.6 is 0 Å². The molecule has 2 heterocycles. The zero-order valence-electron chi connectivity index (χ0n) is 15.0. The summed E-state index contributed by atoms with van der Waals surface area (Å²) in [6.45, 7) is 8.19. The Kier molecular flexibility index (Phi) is 6.07. The predicted molar refractivity (Wildman–Crippen MR) is 94.9 cm³/mol. The molecule has 0 amide bonds. The summed E-state index contributed by atoms with van der Waals surface area (Å²) in [5.41, 5.74) is 2.90. The van der Waals surface area contributed by atoms with Gasteiger partial charge in [0.2, 0.25) is 10.0 Å². The molecule has 0 unspecified atom stereocenters. The predicted octanol–water partition coefficient (Wildman–Crippen LogP) is 1.74. The molecule has 7 heteroatoms. The van der Waals surface area contributed by atoms with E-state index in [1.54, 1.807) is 6.92 Å². The van der Waals surface area contributed by atoms with Crippen LogP contribution in [-0.2, 0) is 23.6 Å². The van der Waals surface area contributed by atoms with Crippen molar-refractivity contribution in [1.29, 1.82) is 5.26 Å². The van der Waals surface area contributed by atoms with Crippen LogP contribution in [0, 0.1) is 24.2 Å². The summed E-state index contributed by atoms with van der Waals surface area (Å²) in [6, 6.07) is 4.13. The topological polar surface area (TPSA) is 78.1 Å². The molecule has 0 spiro atoms. The van der Waals surface area contributed by atoms with Gasteiger partial charge in [0.15, 0.2) is 0 Å². The number of hydrogen-bond donors (Lipinski definition) is 1. The molecule has 1 N–H and O–H groups in total. The molecular formula is C17H28N4O2S. The summed E-state index contributed by atoms with van der Waals surface area (Å²) >= 11 is 0. The van der Waals surface area contributed by atoms with E-state index in [9.17, 15) is 8.42 Å². The van der Waals surface area contributed by atoms with Crippen LogP contribution in [0.15, 0.2) is 6.07 Å². The minimum Gasteiger partial charge on any atom is -0.340 e. The summed E-state index contributed by atoms with van der Waals surface area (Å²) < 4.78 is 28.7. The van der Waals surface area contributed by atoms with Crippen molar-refractivity contribution in [3.05, 3.63) is 23.0 Å². The highest BCUT2D eigenvalue weighted by molar-refractivity contribution is 7.89. The highest BCUT2D eigenvalue weighted by Crippen LogP contribution is 2.25. The third-order valence-corrected chi connectivity index (χ3v) is 6.46. The van der Waals surface area contributed by atoms with Crippen molar-refractivity contribution >= 4 is 10.0 Å². The Morgan fingerprint density at radius 2 is 2.08 bits per heavy atom. The van der Waals surface area contributed by atoms with Gasteiger partial charge in [-0.3, -0.25) is 4.90 Å². The molecular weight excluding hydrogens is 324 g/mol. The number of nitrogens with one attached hydrogen (secondary N) is 1. The Balaban J connectivity index is 2.11. The number of rotatable bonds is 7. The van der Waals surface area contributed by atoms with Crippen molar-refractivity contribution in [3.63, 3.8) is 0 Å². The van der Waals surface area contributed by atoms with Crippen LogP contribution < -0.4 is 4.72 Å². The van der Waals surface area contributed by atoms with E-state index in [4.69, 9.17) is 5.26 Å². The van der Waals surface area contributed by atoms with Crippen molar-refractivity contribution in [2.75, 3.05) is 18.8 Å². The number of nitrogens with zero attached hydrogens (tertiary/aromatic N) is 3.